The molecule has 1 rings (SSSR count). The number of nitrogens with one attached hydrogen (secondary N) is 1. The lowest BCUT2D eigenvalue weighted by molar-refractivity contribution is 0.0455. The third-order valence-corrected chi connectivity index (χ3v) is 1.59. The lowest BCUT2D eigenvalue weighted by Crippen LogP contribution is -2.39. The molecule has 0 aromatic carbocycles. The fourth-order valence-corrected chi connectivity index (χ4v) is 0.929. The Hall–Kier alpha value is -0.380. The van der Waals surface area contributed by atoms with Crippen molar-refractivity contribution >= 4 is 0 Å². The molecule has 1 aliphatic heterocycles. The van der Waals surface area contributed by atoms with Gasteiger partial charge in [-0.05, 0) is 5.57 Å². The van der Waals surface area contributed by atoms with Gasteiger partial charge < -0.3 is 15.2 Å². The zero-order valence-corrected chi connectivity index (χ0v) is 5.97. The Morgan fingerprint density at radius 2 is 2.60 bits per heavy atom. The van der Waals surface area contributed by atoms with Crippen LogP contribution in [0.1, 0.15) is 0 Å². The summed E-state index contributed by atoms with van der Waals surface area (Å²) in [4.78, 5) is 0. The molecule has 1 atom stereocenters. The van der Waals surface area contributed by atoms with E-state index >= 15 is 0 Å². The monoisotopic (exact) mass is 143 g/mol. The molecule has 10 heavy (non-hydrogen) atoms. The van der Waals surface area contributed by atoms with Gasteiger partial charge in [0.05, 0.1) is 19.3 Å². The largest absolute Gasteiger partial charge is 0.392 e. The highest BCUT2D eigenvalue weighted by Crippen LogP contribution is 2.04. The van der Waals surface area contributed by atoms with Gasteiger partial charge in [-0.2, -0.15) is 0 Å². The van der Waals surface area contributed by atoms with Gasteiger partial charge in [-0.1, -0.05) is 6.58 Å². The van der Waals surface area contributed by atoms with Crippen LogP contribution in [-0.4, -0.2) is 37.5 Å². The highest BCUT2D eigenvalue weighted by Gasteiger charge is 2.14. The molecule has 1 heterocycles. The fraction of sp³-hybridized carbons (Fsp3) is 0.714. The van der Waals surface area contributed by atoms with Crippen molar-refractivity contribution in [3.8, 4) is 0 Å². The van der Waals surface area contributed by atoms with Crippen molar-refractivity contribution < 1.29 is 9.84 Å². The zero-order valence-electron chi connectivity index (χ0n) is 5.97. The summed E-state index contributed by atoms with van der Waals surface area (Å²) in [6.07, 6.45) is 0.0127. The van der Waals surface area contributed by atoms with Gasteiger partial charge in [0.25, 0.3) is 0 Å². The highest BCUT2D eigenvalue weighted by atomic mass is 16.5. The Kier molecular flexibility index (Phi) is 2.86. The van der Waals surface area contributed by atoms with Crippen molar-refractivity contribution in [1.29, 1.82) is 0 Å². The van der Waals surface area contributed by atoms with Crippen LogP contribution < -0.4 is 5.32 Å². The summed E-state index contributed by atoms with van der Waals surface area (Å²) in [7, 11) is 0. The van der Waals surface area contributed by atoms with Crippen LogP contribution in [0.2, 0.25) is 0 Å². The van der Waals surface area contributed by atoms with Crippen molar-refractivity contribution in [2.45, 2.75) is 6.10 Å². The lowest BCUT2D eigenvalue weighted by Gasteiger charge is -2.24. The molecule has 0 bridgehead atoms. The fourth-order valence-electron chi connectivity index (χ4n) is 0.929. The summed E-state index contributed by atoms with van der Waals surface area (Å²) in [6, 6.07) is 0. The first-order chi connectivity index (χ1) is 4.84. The van der Waals surface area contributed by atoms with E-state index in [4.69, 9.17) is 9.84 Å². The van der Waals surface area contributed by atoms with Crippen LogP contribution in [0, 0.1) is 0 Å². The molecule has 0 unspecified atom stereocenters. The topological polar surface area (TPSA) is 41.5 Å². The second-order valence-corrected chi connectivity index (χ2v) is 2.38. The number of aliphatic hydroxyl groups is 1. The molecule has 0 saturated carbocycles. The van der Waals surface area contributed by atoms with Crippen LogP contribution >= 0.6 is 0 Å². The molecule has 1 aliphatic rings. The van der Waals surface area contributed by atoms with Crippen molar-refractivity contribution in [3.05, 3.63) is 12.2 Å². The number of hydrogen-bond acceptors (Lipinski definition) is 3. The lowest BCUT2D eigenvalue weighted by atomic mass is 10.1. The van der Waals surface area contributed by atoms with E-state index in [9.17, 15) is 0 Å². The maximum absolute atomic E-state index is 8.68. The molecule has 1 fully saturated rings. The van der Waals surface area contributed by atoms with E-state index in [2.05, 4.69) is 11.9 Å². The summed E-state index contributed by atoms with van der Waals surface area (Å²) in [6.45, 7) is 6.09. The van der Waals surface area contributed by atoms with Crippen molar-refractivity contribution in [3.63, 3.8) is 0 Å². The predicted octanol–water partition coefficient (Wildman–Crippen LogP) is -0.477. The van der Waals surface area contributed by atoms with Crippen LogP contribution in [0.5, 0.6) is 0 Å². The molecule has 2 N–H and O–H groups in total. The van der Waals surface area contributed by atoms with E-state index in [1.165, 1.54) is 0 Å². The van der Waals surface area contributed by atoms with E-state index in [1.807, 2.05) is 0 Å². The third kappa shape index (κ3) is 1.80. The van der Waals surface area contributed by atoms with Gasteiger partial charge in [-0.3, -0.25) is 0 Å². The Morgan fingerprint density at radius 1 is 1.80 bits per heavy atom. The van der Waals surface area contributed by atoms with E-state index in [-0.39, 0.29) is 12.7 Å². The second kappa shape index (κ2) is 3.71. The summed E-state index contributed by atoms with van der Waals surface area (Å²) in [5.74, 6) is 0. The standard InChI is InChI=1S/C7H13NO2/c1-6(5-9)7-4-8-2-3-10-7/h7-9H,1-5H2/t7-/m0/s1. The minimum Gasteiger partial charge on any atom is -0.392 e. The third-order valence-electron chi connectivity index (χ3n) is 1.59. The summed E-state index contributed by atoms with van der Waals surface area (Å²) < 4.78 is 5.31. The Labute approximate surface area is 60.7 Å². The number of rotatable bonds is 2. The molecule has 1 saturated heterocycles. The first-order valence-electron chi connectivity index (χ1n) is 3.45. The van der Waals surface area contributed by atoms with Crippen molar-refractivity contribution in [2.24, 2.45) is 0 Å². The average Bonchev–Trinajstić information content (AvgIpc) is 2.05. The molecule has 0 aromatic heterocycles. The van der Waals surface area contributed by atoms with Crippen LogP contribution in [0.15, 0.2) is 12.2 Å². The molecule has 0 aliphatic carbocycles. The number of ether oxygens (including phenoxy) is 1. The van der Waals surface area contributed by atoms with Gasteiger partial charge in [0, 0.05) is 13.1 Å². The minimum atomic E-state index is 0.0127. The summed E-state index contributed by atoms with van der Waals surface area (Å²) in [5, 5.41) is 11.8. The van der Waals surface area contributed by atoms with Crippen LogP contribution in [0.25, 0.3) is 0 Å². The summed E-state index contributed by atoms with van der Waals surface area (Å²) in [5.41, 5.74) is 0.757. The van der Waals surface area contributed by atoms with Crippen LogP contribution in [0.4, 0.5) is 0 Å². The van der Waals surface area contributed by atoms with Gasteiger partial charge >= 0.3 is 0 Å². The number of aliphatic hydroxyl groups excluding tert-OH is 1. The maximum Gasteiger partial charge on any atom is 0.0929 e. The van der Waals surface area contributed by atoms with Crippen molar-refractivity contribution in [1.82, 2.24) is 5.32 Å². The normalized spacial score (nSPS) is 26.3. The molecule has 3 heteroatoms. The van der Waals surface area contributed by atoms with E-state index < -0.39 is 0 Å². The van der Waals surface area contributed by atoms with Crippen LogP contribution in [0.3, 0.4) is 0 Å². The molecular formula is C7H13NO2. The molecule has 3 nitrogen and oxygen atoms in total. The smallest absolute Gasteiger partial charge is 0.0929 e. The first kappa shape index (κ1) is 7.72. The zero-order chi connectivity index (χ0) is 7.40. The van der Waals surface area contributed by atoms with Gasteiger partial charge in [0.15, 0.2) is 0 Å². The molecule has 0 radical (unpaired) electrons. The van der Waals surface area contributed by atoms with E-state index in [0.29, 0.717) is 6.61 Å². The number of morpholine rings is 1. The molecule has 58 valence electrons. The number of hydrogen-bond donors (Lipinski definition) is 2. The Morgan fingerprint density at radius 3 is 3.10 bits per heavy atom. The molecule has 0 aromatic rings. The minimum absolute atomic E-state index is 0.0127. The quantitative estimate of drug-likeness (QED) is 0.513. The van der Waals surface area contributed by atoms with Crippen molar-refractivity contribution in [2.75, 3.05) is 26.3 Å². The summed E-state index contributed by atoms with van der Waals surface area (Å²) >= 11 is 0. The Bertz CT molecular complexity index is 119. The maximum atomic E-state index is 8.68. The van der Waals surface area contributed by atoms with Crippen LogP contribution in [-0.2, 0) is 4.74 Å². The van der Waals surface area contributed by atoms with E-state index in [1.54, 1.807) is 0 Å². The Balaban J connectivity index is 2.31. The van der Waals surface area contributed by atoms with Gasteiger partial charge in [0.1, 0.15) is 0 Å². The predicted molar refractivity (Wildman–Crippen MR) is 38.8 cm³/mol. The SMILES string of the molecule is C=C(CO)[C@@H]1CNCCO1. The second-order valence-electron chi connectivity index (χ2n) is 2.38. The molecule has 0 amide bonds. The van der Waals surface area contributed by atoms with Gasteiger partial charge in [0.2, 0.25) is 0 Å². The molecular weight excluding hydrogens is 130 g/mol. The average molecular weight is 143 g/mol. The van der Waals surface area contributed by atoms with E-state index in [0.717, 1.165) is 18.7 Å². The van der Waals surface area contributed by atoms with Gasteiger partial charge in [-0.15, -0.1) is 0 Å². The first-order valence-corrected chi connectivity index (χ1v) is 3.45. The highest BCUT2D eigenvalue weighted by molar-refractivity contribution is 5.04. The van der Waals surface area contributed by atoms with Gasteiger partial charge in [-0.25, -0.2) is 0 Å². The molecule has 0 spiro atoms.